The standard InChI is InChI=1S/C21H15N3O2S/c1-26-16-10-8-14(9-11-16)23-12-4-5-15(23)13-19-20(25)24-18-7-3-2-6-17(18)22-21(24)27-19/h2-13H,1H3. The number of para-hydroxylation sites is 2. The highest BCUT2D eigenvalue weighted by Crippen LogP contribution is 2.19. The minimum atomic E-state index is -0.0359. The monoisotopic (exact) mass is 373 g/mol. The van der Waals surface area contributed by atoms with Crippen LogP contribution in [0.2, 0.25) is 0 Å². The van der Waals surface area contributed by atoms with Crippen molar-refractivity contribution in [3.8, 4) is 11.4 Å². The van der Waals surface area contributed by atoms with E-state index in [2.05, 4.69) is 4.98 Å². The lowest BCUT2D eigenvalue weighted by Gasteiger charge is -2.07. The Morgan fingerprint density at radius 3 is 2.67 bits per heavy atom. The number of benzene rings is 2. The molecule has 0 N–H and O–H groups in total. The summed E-state index contributed by atoms with van der Waals surface area (Å²) in [6, 6.07) is 19.5. The third-order valence-electron chi connectivity index (χ3n) is 4.56. The van der Waals surface area contributed by atoms with Crippen molar-refractivity contribution in [2.24, 2.45) is 0 Å². The van der Waals surface area contributed by atoms with Gasteiger partial charge in [0, 0.05) is 17.6 Å². The smallest absolute Gasteiger partial charge is 0.275 e. The van der Waals surface area contributed by atoms with Crippen molar-refractivity contribution < 1.29 is 4.74 Å². The van der Waals surface area contributed by atoms with Gasteiger partial charge in [-0.1, -0.05) is 23.5 Å². The lowest BCUT2D eigenvalue weighted by Crippen LogP contribution is -2.23. The molecule has 0 spiro atoms. The van der Waals surface area contributed by atoms with E-state index in [1.165, 1.54) is 11.3 Å². The minimum absolute atomic E-state index is 0.0359. The van der Waals surface area contributed by atoms with Gasteiger partial charge < -0.3 is 9.30 Å². The molecule has 5 nitrogen and oxygen atoms in total. The van der Waals surface area contributed by atoms with Gasteiger partial charge in [-0.3, -0.25) is 4.79 Å². The third kappa shape index (κ3) is 2.53. The Morgan fingerprint density at radius 2 is 1.85 bits per heavy atom. The van der Waals surface area contributed by atoms with E-state index in [9.17, 15) is 4.79 Å². The van der Waals surface area contributed by atoms with Gasteiger partial charge in [0.1, 0.15) is 5.75 Å². The maximum atomic E-state index is 12.9. The molecule has 3 aromatic heterocycles. The number of fused-ring (bicyclic) bond motifs is 3. The summed E-state index contributed by atoms with van der Waals surface area (Å²) in [5, 5.41) is 0. The Hall–Kier alpha value is -3.38. The molecule has 0 aliphatic carbocycles. The zero-order valence-corrected chi connectivity index (χ0v) is 15.3. The molecule has 27 heavy (non-hydrogen) atoms. The largest absolute Gasteiger partial charge is 0.497 e. The maximum Gasteiger partial charge on any atom is 0.275 e. The second-order valence-electron chi connectivity index (χ2n) is 6.14. The number of ether oxygens (including phenoxy) is 1. The molecule has 0 aliphatic heterocycles. The molecule has 6 heteroatoms. The second kappa shape index (κ2) is 6.10. The van der Waals surface area contributed by atoms with Crippen molar-refractivity contribution in [2.75, 3.05) is 7.11 Å². The normalized spacial score (nSPS) is 12.3. The van der Waals surface area contributed by atoms with Crippen LogP contribution in [0.5, 0.6) is 5.75 Å². The molecule has 0 amide bonds. The predicted octanol–water partition coefficient (Wildman–Crippen LogP) is 3.26. The lowest BCUT2D eigenvalue weighted by atomic mass is 10.3. The van der Waals surface area contributed by atoms with Crippen LogP contribution in [0, 0.1) is 0 Å². The van der Waals surface area contributed by atoms with Crippen molar-refractivity contribution in [2.45, 2.75) is 0 Å². The van der Waals surface area contributed by atoms with Gasteiger partial charge in [0.2, 0.25) is 0 Å². The molecule has 0 atom stereocenters. The van der Waals surface area contributed by atoms with E-state index in [0.717, 1.165) is 33.1 Å². The van der Waals surface area contributed by atoms with Crippen molar-refractivity contribution in [3.05, 3.63) is 87.4 Å². The summed E-state index contributed by atoms with van der Waals surface area (Å²) in [5.41, 5.74) is 3.59. The Balaban J connectivity index is 1.66. The number of nitrogens with zero attached hydrogens (tertiary/aromatic N) is 3. The molecule has 0 saturated carbocycles. The van der Waals surface area contributed by atoms with Crippen LogP contribution in [0.3, 0.4) is 0 Å². The Kier molecular flexibility index (Phi) is 3.58. The third-order valence-corrected chi connectivity index (χ3v) is 5.52. The number of hydrogen-bond acceptors (Lipinski definition) is 4. The molecular formula is C21H15N3O2S. The average Bonchev–Trinajstić information content (AvgIpc) is 3.38. The van der Waals surface area contributed by atoms with E-state index < -0.39 is 0 Å². The molecule has 0 radical (unpaired) electrons. The van der Waals surface area contributed by atoms with E-state index in [-0.39, 0.29) is 5.56 Å². The number of rotatable bonds is 3. The minimum Gasteiger partial charge on any atom is -0.497 e. The summed E-state index contributed by atoms with van der Waals surface area (Å²) in [6.07, 6.45) is 3.90. The van der Waals surface area contributed by atoms with Gasteiger partial charge in [0.25, 0.3) is 5.56 Å². The molecule has 5 aromatic rings. The number of aromatic nitrogens is 3. The first-order valence-corrected chi connectivity index (χ1v) is 9.30. The molecule has 132 valence electrons. The molecule has 0 fully saturated rings. The first-order chi connectivity index (χ1) is 13.2. The molecule has 0 bridgehead atoms. The van der Waals surface area contributed by atoms with Crippen LogP contribution in [0.25, 0.3) is 27.8 Å². The Bertz CT molecular complexity index is 1380. The topological polar surface area (TPSA) is 48.5 Å². The average molecular weight is 373 g/mol. The molecule has 0 saturated heterocycles. The van der Waals surface area contributed by atoms with Crippen molar-refractivity contribution in [1.82, 2.24) is 14.0 Å². The zero-order chi connectivity index (χ0) is 18.4. The summed E-state index contributed by atoms with van der Waals surface area (Å²) in [7, 11) is 1.65. The van der Waals surface area contributed by atoms with Crippen LogP contribution in [0.15, 0.2) is 71.7 Å². The summed E-state index contributed by atoms with van der Waals surface area (Å²) in [5.74, 6) is 0.810. The first-order valence-electron chi connectivity index (χ1n) is 8.48. The fraction of sp³-hybridized carbons (Fsp3) is 0.0476. The lowest BCUT2D eigenvalue weighted by molar-refractivity contribution is 0.414. The highest BCUT2D eigenvalue weighted by molar-refractivity contribution is 7.15. The number of hydrogen-bond donors (Lipinski definition) is 0. The summed E-state index contributed by atoms with van der Waals surface area (Å²) >= 11 is 1.41. The molecule has 3 heterocycles. The Labute approximate surface area is 158 Å². The van der Waals surface area contributed by atoms with Gasteiger partial charge >= 0.3 is 0 Å². The van der Waals surface area contributed by atoms with E-state index in [1.54, 1.807) is 11.5 Å². The molecule has 0 aliphatic rings. The quantitative estimate of drug-likeness (QED) is 0.488. The molecule has 0 unspecified atom stereocenters. The molecule has 2 aromatic carbocycles. The predicted molar refractivity (Wildman–Crippen MR) is 108 cm³/mol. The zero-order valence-electron chi connectivity index (χ0n) is 14.5. The molecule has 5 rings (SSSR count). The SMILES string of the molecule is COc1ccc(-n2cccc2C=c2sc3nc4ccccc4n3c2=O)cc1. The van der Waals surface area contributed by atoms with Gasteiger partial charge in [0.05, 0.1) is 22.7 Å². The van der Waals surface area contributed by atoms with Crippen LogP contribution in [-0.2, 0) is 0 Å². The van der Waals surface area contributed by atoms with Crippen LogP contribution < -0.4 is 14.8 Å². The number of imidazole rings is 1. The van der Waals surface area contributed by atoms with Gasteiger partial charge in [-0.15, -0.1) is 0 Å². The van der Waals surface area contributed by atoms with Crippen LogP contribution in [-0.4, -0.2) is 21.1 Å². The number of methoxy groups -OCH3 is 1. The summed E-state index contributed by atoms with van der Waals surface area (Å²) < 4.78 is 9.61. The van der Waals surface area contributed by atoms with E-state index in [4.69, 9.17) is 4.74 Å². The molecular weight excluding hydrogens is 358 g/mol. The van der Waals surface area contributed by atoms with Gasteiger partial charge in [-0.05, 0) is 54.6 Å². The first kappa shape index (κ1) is 15.8. The fourth-order valence-electron chi connectivity index (χ4n) is 3.24. The van der Waals surface area contributed by atoms with Crippen LogP contribution >= 0.6 is 11.3 Å². The van der Waals surface area contributed by atoms with Gasteiger partial charge in [-0.25, -0.2) is 9.38 Å². The summed E-state index contributed by atoms with van der Waals surface area (Å²) in [4.78, 5) is 18.2. The van der Waals surface area contributed by atoms with Crippen LogP contribution in [0.4, 0.5) is 0 Å². The van der Waals surface area contributed by atoms with Gasteiger partial charge in [-0.2, -0.15) is 0 Å². The van der Waals surface area contributed by atoms with E-state index >= 15 is 0 Å². The highest BCUT2D eigenvalue weighted by Gasteiger charge is 2.11. The fourth-order valence-corrected chi connectivity index (χ4v) is 4.21. The number of thiazole rings is 1. The highest BCUT2D eigenvalue weighted by atomic mass is 32.1. The van der Waals surface area contributed by atoms with Crippen molar-refractivity contribution >= 4 is 33.4 Å². The van der Waals surface area contributed by atoms with Crippen LogP contribution in [0.1, 0.15) is 5.69 Å². The summed E-state index contributed by atoms with van der Waals surface area (Å²) in [6.45, 7) is 0. The van der Waals surface area contributed by atoms with Crippen molar-refractivity contribution in [1.29, 1.82) is 0 Å². The maximum absolute atomic E-state index is 12.9. The Morgan fingerprint density at radius 1 is 1.04 bits per heavy atom. The van der Waals surface area contributed by atoms with Gasteiger partial charge in [0.15, 0.2) is 4.96 Å². The second-order valence-corrected chi connectivity index (χ2v) is 7.14. The van der Waals surface area contributed by atoms with Crippen molar-refractivity contribution in [3.63, 3.8) is 0 Å². The van der Waals surface area contributed by atoms with E-state index in [1.807, 2.05) is 77.5 Å². The van der Waals surface area contributed by atoms with E-state index in [0.29, 0.717) is 4.53 Å².